The van der Waals surface area contributed by atoms with E-state index in [1.807, 2.05) is 6.07 Å². The molecule has 1 aromatic rings. The zero-order valence-corrected chi connectivity index (χ0v) is 12.6. The summed E-state index contributed by atoms with van der Waals surface area (Å²) in [5.41, 5.74) is 1.32. The van der Waals surface area contributed by atoms with E-state index in [1.54, 1.807) is 24.3 Å². The average molecular weight is 276 g/mol. The minimum atomic E-state index is 0.322. The largest absolute Gasteiger partial charge is 0.508 e. The van der Waals surface area contributed by atoms with Crippen LogP contribution in [0.3, 0.4) is 0 Å². The van der Waals surface area contributed by atoms with Gasteiger partial charge in [-0.1, -0.05) is 30.4 Å². The maximum absolute atomic E-state index is 8.89. The maximum Gasteiger partial charge on any atom is 0.115 e. The first-order valence-corrected chi connectivity index (χ1v) is 7.13. The van der Waals surface area contributed by atoms with E-state index in [1.165, 1.54) is 31.3 Å². The van der Waals surface area contributed by atoms with Gasteiger partial charge in [0.15, 0.2) is 0 Å². The molecule has 2 N–H and O–H groups in total. The molecule has 2 nitrogen and oxygen atoms in total. The quantitative estimate of drug-likeness (QED) is 0.778. The Balaban J connectivity index is 0.000000345. The second kappa shape index (κ2) is 11.3. The standard InChI is InChI=1S/C10H18O.C6H6O.C2H4/c1-8(2)10-5-3-9(7-11)4-6-10;7-6-4-2-1-3-5-6;1-2/h9-11H,1,3-7H2,2H3;1-5,7H;1-2H2. The van der Waals surface area contributed by atoms with Crippen LogP contribution in [-0.2, 0) is 0 Å². The lowest BCUT2D eigenvalue weighted by Gasteiger charge is -2.27. The van der Waals surface area contributed by atoms with Crippen LogP contribution in [-0.4, -0.2) is 16.8 Å². The minimum Gasteiger partial charge on any atom is -0.508 e. The van der Waals surface area contributed by atoms with Gasteiger partial charge in [0.2, 0.25) is 0 Å². The number of aliphatic hydroxyl groups excluding tert-OH is 1. The summed E-state index contributed by atoms with van der Waals surface area (Å²) in [5.74, 6) is 1.63. The third-order valence-corrected chi connectivity index (χ3v) is 3.56. The second-order valence-corrected chi connectivity index (χ2v) is 5.08. The predicted molar refractivity (Wildman–Crippen MR) is 86.7 cm³/mol. The molecule has 0 aromatic heterocycles. The van der Waals surface area contributed by atoms with Crippen molar-refractivity contribution in [3.05, 3.63) is 55.6 Å². The van der Waals surface area contributed by atoms with Crippen LogP contribution in [0.5, 0.6) is 5.75 Å². The van der Waals surface area contributed by atoms with Gasteiger partial charge in [0.1, 0.15) is 5.75 Å². The first-order valence-electron chi connectivity index (χ1n) is 7.13. The number of hydrogen-bond donors (Lipinski definition) is 2. The summed E-state index contributed by atoms with van der Waals surface area (Å²) in [6.07, 6.45) is 4.85. The normalized spacial score (nSPS) is 20.7. The molecule has 0 bridgehead atoms. The van der Waals surface area contributed by atoms with Crippen LogP contribution < -0.4 is 0 Å². The summed E-state index contributed by atoms with van der Waals surface area (Å²) in [7, 11) is 0. The highest BCUT2D eigenvalue weighted by atomic mass is 16.3. The lowest BCUT2D eigenvalue weighted by atomic mass is 9.80. The molecule has 0 atom stereocenters. The third-order valence-electron chi connectivity index (χ3n) is 3.56. The summed E-state index contributed by atoms with van der Waals surface area (Å²) in [6, 6.07) is 8.71. The first-order chi connectivity index (χ1) is 9.63. The number of aliphatic hydroxyl groups is 1. The highest BCUT2D eigenvalue weighted by Gasteiger charge is 2.20. The highest BCUT2D eigenvalue weighted by Crippen LogP contribution is 2.31. The molecule has 2 heteroatoms. The number of benzene rings is 1. The minimum absolute atomic E-state index is 0.322. The van der Waals surface area contributed by atoms with Crippen molar-refractivity contribution in [3.63, 3.8) is 0 Å². The zero-order chi connectivity index (χ0) is 15.4. The van der Waals surface area contributed by atoms with Crippen LogP contribution in [0.1, 0.15) is 32.6 Å². The summed E-state index contributed by atoms with van der Waals surface area (Å²) >= 11 is 0. The van der Waals surface area contributed by atoms with Crippen molar-refractivity contribution in [3.8, 4) is 5.75 Å². The van der Waals surface area contributed by atoms with E-state index in [-0.39, 0.29) is 0 Å². The van der Waals surface area contributed by atoms with Crippen LogP contribution >= 0.6 is 0 Å². The Morgan fingerprint density at radius 2 is 1.60 bits per heavy atom. The van der Waals surface area contributed by atoms with Crippen LogP contribution in [0.15, 0.2) is 55.6 Å². The Kier molecular flexibility index (Phi) is 10.4. The van der Waals surface area contributed by atoms with Gasteiger partial charge in [0, 0.05) is 6.61 Å². The van der Waals surface area contributed by atoms with Gasteiger partial charge in [-0.05, 0) is 56.6 Å². The molecule has 1 saturated carbocycles. The Hall–Kier alpha value is -1.54. The lowest BCUT2D eigenvalue weighted by Crippen LogP contribution is -2.17. The number of para-hydroxylation sites is 1. The maximum atomic E-state index is 8.89. The van der Waals surface area contributed by atoms with Gasteiger partial charge in [0.05, 0.1) is 0 Å². The van der Waals surface area contributed by atoms with Crippen molar-refractivity contribution < 1.29 is 10.2 Å². The van der Waals surface area contributed by atoms with E-state index in [0.29, 0.717) is 18.3 Å². The summed E-state index contributed by atoms with van der Waals surface area (Å²) in [5, 5.41) is 17.5. The fourth-order valence-corrected chi connectivity index (χ4v) is 2.27. The van der Waals surface area contributed by atoms with Gasteiger partial charge in [-0.25, -0.2) is 0 Å². The van der Waals surface area contributed by atoms with E-state index in [9.17, 15) is 0 Å². The molecular formula is C18H28O2. The highest BCUT2D eigenvalue weighted by molar-refractivity contribution is 5.18. The van der Waals surface area contributed by atoms with E-state index in [4.69, 9.17) is 10.2 Å². The molecule has 1 aliphatic rings. The molecule has 112 valence electrons. The number of aromatic hydroxyl groups is 1. The van der Waals surface area contributed by atoms with Gasteiger partial charge < -0.3 is 10.2 Å². The number of phenolic OH excluding ortho intramolecular Hbond substituents is 1. The van der Waals surface area contributed by atoms with Crippen molar-refractivity contribution in [2.24, 2.45) is 11.8 Å². The smallest absolute Gasteiger partial charge is 0.115 e. The zero-order valence-electron chi connectivity index (χ0n) is 12.6. The van der Waals surface area contributed by atoms with Crippen LogP contribution in [0.2, 0.25) is 0 Å². The lowest BCUT2D eigenvalue weighted by molar-refractivity contribution is 0.175. The number of rotatable bonds is 2. The molecular weight excluding hydrogens is 248 g/mol. The average Bonchev–Trinajstić information content (AvgIpc) is 2.51. The molecule has 2 rings (SSSR count). The summed E-state index contributed by atoms with van der Waals surface area (Å²) in [6.45, 7) is 12.5. The molecule has 1 fully saturated rings. The van der Waals surface area contributed by atoms with Crippen molar-refractivity contribution in [2.45, 2.75) is 32.6 Å². The molecule has 20 heavy (non-hydrogen) atoms. The van der Waals surface area contributed by atoms with E-state index < -0.39 is 0 Å². The molecule has 0 heterocycles. The van der Waals surface area contributed by atoms with E-state index in [2.05, 4.69) is 26.7 Å². The van der Waals surface area contributed by atoms with Gasteiger partial charge in [-0.15, -0.1) is 13.2 Å². The van der Waals surface area contributed by atoms with Crippen LogP contribution in [0.25, 0.3) is 0 Å². The molecule has 1 aliphatic carbocycles. The number of phenols is 1. The van der Waals surface area contributed by atoms with Crippen molar-refractivity contribution >= 4 is 0 Å². The molecule has 0 amide bonds. The molecule has 0 saturated heterocycles. The van der Waals surface area contributed by atoms with Gasteiger partial charge in [-0.2, -0.15) is 0 Å². The Morgan fingerprint density at radius 3 is 1.90 bits per heavy atom. The topological polar surface area (TPSA) is 40.5 Å². The molecule has 0 unspecified atom stereocenters. The SMILES string of the molecule is C=C.C=C(C)C1CCC(CO)CC1.Oc1ccccc1. The molecule has 0 radical (unpaired) electrons. The second-order valence-electron chi connectivity index (χ2n) is 5.08. The fraction of sp³-hybridized carbons (Fsp3) is 0.444. The number of hydrogen-bond acceptors (Lipinski definition) is 2. The van der Waals surface area contributed by atoms with Gasteiger partial charge in [-0.3, -0.25) is 0 Å². The summed E-state index contributed by atoms with van der Waals surface area (Å²) in [4.78, 5) is 0. The first kappa shape index (κ1) is 18.5. The van der Waals surface area contributed by atoms with E-state index >= 15 is 0 Å². The summed E-state index contributed by atoms with van der Waals surface area (Å²) < 4.78 is 0. The molecule has 0 aliphatic heterocycles. The van der Waals surface area contributed by atoms with Crippen LogP contribution in [0, 0.1) is 11.8 Å². The Bertz CT molecular complexity index is 351. The van der Waals surface area contributed by atoms with Gasteiger partial charge in [0.25, 0.3) is 0 Å². The van der Waals surface area contributed by atoms with E-state index in [0.717, 1.165) is 5.92 Å². The Morgan fingerprint density at radius 1 is 1.10 bits per heavy atom. The van der Waals surface area contributed by atoms with Gasteiger partial charge >= 0.3 is 0 Å². The monoisotopic (exact) mass is 276 g/mol. The predicted octanol–water partition coefficient (Wildman–Crippen LogP) is 4.56. The van der Waals surface area contributed by atoms with Crippen molar-refractivity contribution in [1.82, 2.24) is 0 Å². The van der Waals surface area contributed by atoms with Crippen LogP contribution in [0.4, 0.5) is 0 Å². The molecule has 0 spiro atoms. The fourth-order valence-electron chi connectivity index (χ4n) is 2.27. The molecule has 1 aromatic carbocycles. The van der Waals surface area contributed by atoms with Crippen molar-refractivity contribution in [1.29, 1.82) is 0 Å². The number of allylic oxidation sites excluding steroid dienone is 1. The third kappa shape index (κ3) is 7.80. The Labute approximate surface area is 123 Å². The van der Waals surface area contributed by atoms with Crippen molar-refractivity contribution in [2.75, 3.05) is 6.61 Å².